The van der Waals surface area contributed by atoms with Gasteiger partial charge in [-0.05, 0) is 43.9 Å². The Morgan fingerprint density at radius 3 is 1.74 bits per heavy atom. The summed E-state index contributed by atoms with van der Waals surface area (Å²) in [6.45, 7) is 13.3. The molecule has 124 valence electrons. The number of hydrogen-bond acceptors (Lipinski definition) is 2. The van der Waals surface area contributed by atoms with Gasteiger partial charge in [0.05, 0.1) is 0 Å². The van der Waals surface area contributed by atoms with Crippen LogP contribution in [0.15, 0.2) is 42.7 Å². The quantitative estimate of drug-likeness (QED) is 0.777. The second kappa shape index (κ2) is 7.63. The fourth-order valence-electron chi connectivity index (χ4n) is 1.93. The Bertz CT molecular complexity index is 588. The van der Waals surface area contributed by atoms with E-state index in [0.717, 1.165) is 28.8 Å². The smallest absolute Gasteiger partial charge is 0.519 e. The highest BCUT2D eigenvalue weighted by molar-refractivity contribution is 6.63. The molecule has 0 saturated carbocycles. The third kappa shape index (κ3) is 4.57. The van der Waals surface area contributed by atoms with Gasteiger partial charge in [0, 0.05) is 23.9 Å². The number of fused-ring (bicyclic) bond motifs is 1. The zero-order chi connectivity index (χ0) is 17.0. The number of nitrogens with zero attached hydrogens (tertiary/aromatic N) is 1. The molecule has 3 rings (SSSR count). The summed E-state index contributed by atoms with van der Waals surface area (Å²) in [6.07, 6.45) is 4.12. The van der Waals surface area contributed by atoms with Gasteiger partial charge in [-0.2, -0.15) is 0 Å². The van der Waals surface area contributed by atoms with Gasteiger partial charge in [-0.15, -0.1) is 0 Å². The monoisotopic (exact) mass is 313 g/mol. The van der Waals surface area contributed by atoms with Crippen LogP contribution in [0.2, 0.25) is 0 Å². The van der Waals surface area contributed by atoms with Crippen molar-refractivity contribution in [3.05, 3.63) is 42.7 Å². The summed E-state index contributed by atoms with van der Waals surface area (Å²) in [5.74, 6) is 3.33. The lowest BCUT2D eigenvalue weighted by Gasteiger charge is -2.06. The van der Waals surface area contributed by atoms with Crippen LogP contribution in [0.1, 0.15) is 47.6 Å². The molecule has 2 aromatic rings. The van der Waals surface area contributed by atoms with Gasteiger partial charge in [-0.25, -0.2) is 0 Å². The first-order chi connectivity index (χ1) is 10.9. The maximum Gasteiger partial charge on any atom is 0.634 e. The zero-order valence-corrected chi connectivity index (χ0v) is 15.1. The van der Waals surface area contributed by atoms with Gasteiger partial charge in [0.1, 0.15) is 11.5 Å². The summed E-state index contributed by atoms with van der Waals surface area (Å²) in [4.78, 5) is 0. The molecule has 0 radical (unpaired) electrons. The fourth-order valence-corrected chi connectivity index (χ4v) is 1.93. The van der Waals surface area contributed by atoms with Crippen molar-refractivity contribution in [1.29, 1.82) is 0 Å². The number of aromatic nitrogens is 1. The topological polar surface area (TPSA) is 23.4 Å². The van der Waals surface area contributed by atoms with Crippen LogP contribution in [0.5, 0.6) is 11.5 Å². The molecule has 0 amide bonds. The van der Waals surface area contributed by atoms with Gasteiger partial charge >= 0.3 is 7.12 Å². The van der Waals surface area contributed by atoms with Crippen LogP contribution in [0.3, 0.4) is 0 Å². The Hall–Kier alpha value is -1.84. The molecule has 1 aromatic carbocycles. The molecule has 0 unspecified atom stereocenters. The van der Waals surface area contributed by atoms with Crippen LogP contribution in [0.25, 0.3) is 0 Å². The summed E-state index contributed by atoms with van der Waals surface area (Å²) >= 11 is 0. The van der Waals surface area contributed by atoms with E-state index in [4.69, 9.17) is 9.31 Å². The molecular weight excluding hydrogens is 285 g/mol. The van der Waals surface area contributed by atoms with Crippen molar-refractivity contribution < 1.29 is 9.31 Å². The van der Waals surface area contributed by atoms with E-state index in [1.807, 2.05) is 30.3 Å². The summed E-state index contributed by atoms with van der Waals surface area (Å²) in [5, 5.41) is 0. The van der Waals surface area contributed by atoms with Gasteiger partial charge in [0.15, 0.2) is 0 Å². The molecule has 2 heterocycles. The van der Waals surface area contributed by atoms with Gasteiger partial charge in [-0.1, -0.05) is 39.8 Å². The lowest BCUT2D eigenvalue weighted by Crippen LogP contribution is -2.38. The van der Waals surface area contributed by atoms with Crippen molar-refractivity contribution in [1.82, 2.24) is 4.57 Å². The summed E-state index contributed by atoms with van der Waals surface area (Å²) in [5.41, 5.74) is 1.05. The van der Waals surface area contributed by atoms with Crippen LogP contribution in [-0.4, -0.2) is 11.7 Å². The van der Waals surface area contributed by atoms with Crippen LogP contribution < -0.4 is 14.8 Å². The number of benzene rings is 1. The van der Waals surface area contributed by atoms with E-state index >= 15 is 0 Å². The number of para-hydroxylation sites is 2. The standard InChI is InChI=1S/C13H14BNO2.C6H14/c1-10(2)15-8-7-11(9-15)14-16-12-5-3-4-6-13(12)17-14;1-5(2)6(3)4/h3-10H,1-2H3;5-6H,1-4H3. The average Bonchev–Trinajstić information content (AvgIpc) is 3.14. The zero-order valence-electron chi connectivity index (χ0n) is 15.1. The maximum absolute atomic E-state index is 5.75. The number of hydrogen-bond donors (Lipinski definition) is 0. The van der Waals surface area contributed by atoms with Crippen molar-refractivity contribution >= 4 is 12.6 Å². The van der Waals surface area contributed by atoms with Crippen molar-refractivity contribution in [3.8, 4) is 11.5 Å². The molecule has 0 spiro atoms. The highest BCUT2D eigenvalue weighted by Crippen LogP contribution is 2.32. The number of rotatable bonds is 3. The first-order valence-electron chi connectivity index (χ1n) is 8.48. The molecule has 0 fully saturated rings. The Labute approximate surface area is 140 Å². The maximum atomic E-state index is 5.75. The predicted octanol–water partition coefficient (Wildman–Crippen LogP) is 4.53. The van der Waals surface area contributed by atoms with Crippen molar-refractivity contribution in [3.63, 3.8) is 0 Å². The van der Waals surface area contributed by atoms with Crippen LogP contribution in [0, 0.1) is 11.8 Å². The molecule has 0 bridgehead atoms. The fraction of sp³-hybridized carbons (Fsp3) is 0.474. The van der Waals surface area contributed by atoms with E-state index < -0.39 is 0 Å². The molecular formula is C19H28BNO2. The van der Waals surface area contributed by atoms with Gasteiger partial charge in [0.25, 0.3) is 0 Å². The molecule has 0 aliphatic carbocycles. The Morgan fingerprint density at radius 2 is 1.35 bits per heavy atom. The van der Waals surface area contributed by atoms with E-state index in [1.165, 1.54) is 0 Å². The third-order valence-corrected chi connectivity index (χ3v) is 4.26. The van der Waals surface area contributed by atoms with Crippen molar-refractivity contribution in [2.24, 2.45) is 11.8 Å². The van der Waals surface area contributed by atoms with Gasteiger partial charge < -0.3 is 13.9 Å². The molecule has 1 aliphatic rings. The average molecular weight is 313 g/mol. The van der Waals surface area contributed by atoms with E-state index in [1.54, 1.807) is 0 Å². The first kappa shape index (κ1) is 17.5. The molecule has 1 aromatic heterocycles. The highest BCUT2D eigenvalue weighted by Gasteiger charge is 2.34. The molecule has 0 saturated heterocycles. The van der Waals surface area contributed by atoms with Crippen LogP contribution >= 0.6 is 0 Å². The molecule has 3 nitrogen and oxygen atoms in total. The summed E-state index contributed by atoms with van der Waals surface area (Å²) < 4.78 is 13.6. The van der Waals surface area contributed by atoms with Gasteiger partial charge in [-0.3, -0.25) is 0 Å². The molecule has 4 heteroatoms. The molecule has 23 heavy (non-hydrogen) atoms. The SMILES string of the molecule is CC(C)C(C)C.CC(C)n1ccc(B2Oc3ccccc3O2)c1. The van der Waals surface area contributed by atoms with Crippen molar-refractivity contribution in [2.45, 2.75) is 47.6 Å². The van der Waals surface area contributed by atoms with E-state index in [2.05, 4.69) is 58.5 Å². The highest BCUT2D eigenvalue weighted by atomic mass is 16.6. The largest absolute Gasteiger partial charge is 0.634 e. The lowest BCUT2D eigenvalue weighted by atomic mass is 9.82. The van der Waals surface area contributed by atoms with Crippen LogP contribution in [0.4, 0.5) is 0 Å². The van der Waals surface area contributed by atoms with Crippen LogP contribution in [-0.2, 0) is 0 Å². The lowest BCUT2D eigenvalue weighted by molar-refractivity contribution is 0.457. The van der Waals surface area contributed by atoms with E-state index in [-0.39, 0.29) is 7.12 Å². The second-order valence-corrected chi connectivity index (χ2v) is 6.99. The summed E-state index contributed by atoms with van der Waals surface area (Å²) in [6, 6.07) is 10.2. The molecule has 0 atom stereocenters. The minimum absolute atomic E-state index is 0.313. The normalized spacial score (nSPS) is 12.8. The Balaban J connectivity index is 0.000000277. The van der Waals surface area contributed by atoms with E-state index in [0.29, 0.717) is 6.04 Å². The first-order valence-corrected chi connectivity index (χ1v) is 8.48. The van der Waals surface area contributed by atoms with Crippen molar-refractivity contribution in [2.75, 3.05) is 0 Å². The minimum atomic E-state index is -0.313. The predicted molar refractivity (Wildman–Crippen MR) is 97.6 cm³/mol. The second-order valence-electron chi connectivity index (χ2n) is 6.99. The van der Waals surface area contributed by atoms with Gasteiger partial charge in [0.2, 0.25) is 0 Å². The summed E-state index contributed by atoms with van der Waals surface area (Å²) in [7, 11) is -0.313. The third-order valence-electron chi connectivity index (χ3n) is 4.26. The van der Waals surface area contributed by atoms with E-state index in [9.17, 15) is 0 Å². The minimum Gasteiger partial charge on any atom is -0.519 e. The Morgan fingerprint density at radius 1 is 0.826 bits per heavy atom. The Kier molecular flexibility index (Phi) is 5.81. The molecule has 1 aliphatic heterocycles. The molecule has 0 N–H and O–H groups in total.